The van der Waals surface area contributed by atoms with Gasteiger partial charge in [-0.25, -0.2) is 0 Å². The van der Waals surface area contributed by atoms with E-state index in [0.29, 0.717) is 11.1 Å². The number of nitrogens with one attached hydrogen (secondary N) is 1. The summed E-state index contributed by atoms with van der Waals surface area (Å²) in [6, 6.07) is 17.4. The van der Waals surface area contributed by atoms with Crippen LogP contribution in [0.4, 0.5) is 0 Å². The monoisotopic (exact) mass is 320 g/mol. The summed E-state index contributed by atoms with van der Waals surface area (Å²) < 4.78 is 0. The summed E-state index contributed by atoms with van der Waals surface area (Å²) >= 11 is 0. The number of carbonyl (C=O) groups is 1. The van der Waals surface area contributed by atoms with Crippen LogP contribution in [0.5, 0.6) is 0 Å². The molecule has 0 fully saturated rings. The number of nitrogens with zero attached hydrogens (tertiary/aromatic N) is 1. The molecule has 0 aromatic heterocycles. The summed E-state index contributed by atoms with van der Waals surface area (Å²) in [5.74, 6) is -0.0587. The third kappa shape index (κ3) is 4.70. The van der Waals surface area contributed by atoms with E-state index in [1.807, 2.05) is 43.3 Å². The van der Waals surface area contributed by atoms with Gasteiger partial charge in [0.05, 0.1) is 11.6 Å². The van der Waals surface area contributed by atoms with E-state index in [-0.39, 0.29) is 17.4 Å². The van der Waals surface area contributed by atoms with Crippen LogP contribution < -0.4 is 5.32 Å². The normalized spacial score (nSPS) is 12.3. The lowest BCUT2D eigenvalue weighted by Crippen LogP contribution is -2.34. The van der Waals surface area contributed by atoms with Gasteiger partial charge in [0.2, 0.25) is 0 Å². The molecule has 0 heterocycles. The van der Waals surface area contributed by atoms with Gasteiger partial charge in [0.25, 0.3) is 5.91 Å². The van der Waals surface area contributed by atoms with Crippen molar-refractivity contribution in [2.45, 2.75) is 45.6 Å². The topological polar surface area (TPSA) is 52.9 Å². The van der Waals surface area contributed by atoms with E-state index in [1.54, 1.807) is 12.1 Å². The first-order valence-corrected chi connectivity index (χ1v) is 8.20. The second kappa shape index (κ2) is 7.31. The van der Waals surface area contributed by atoms with E-state index in [4.69, 9.17) is 5.26 Å². The van der Waals surface area contributed by atoms with Crippen molar-refractivity contribution in [3.05, 3.63) is 70.8 Å². The van der Waals surface area contributed by atoms with Crippen LogP contribution in [0, 0.1) is 11.3 Å². The standard InChI is InChI=1S/C21H24N2O/c1-15(13-16-5-7-17(14-22)8-6-16)23-20(24)18-9-11-19(12-10-18)21(2,3)4/h5-12,15H,13H2,1-4H3,(H,23,24)/t15-/m0/s1. The molecule has 0 aliphatic heterocycles. The zero-order chi connectivity index (χ0) is 17.7. The van der Waals surface area contributed by atoms with Crippen LogP contribution in [0.1, 0.15) is 54.7 Å². The molecule has 0 bridgehead atoms. The molecule has 1 N–H and O–H groups in total. The fourth-order valence-corrected chi connectivity index (χ4v) is 2.55. The molecule has 0 aliphatic carbocycles. The van der Waals surface area contributed by atoms with Crippen LogP contribution in [0.25, 0.3) is 0 Å². The smallest absolute Gasteiger partial charge is 0.251 e. The fraction of sp³-hybridized carbons (Fsp3) is 0.333. The minimum Gasteiger partial charge on any atom is -0.349 e. The lowest BCUT2D eigenvalue weighted by atomic mass is 9.86. The molecular formula is C21H24N2O. The lowest BCUT2D eigenvalue weighted by Gasteiger charge is -2.19. The van der Waals surface area contributed by atoms with Crippen molar-refractivity contribution in [3.63, 3.8) is 0 Å². The van der Waals surface area contributed by atoms with Gasteiger partial charge in [-0.2, -0.15) is 5.26 Å². The number of benzene rings is 2. The van der Waals surface area contributed by atoms with Crippen molar-refractivity contribution in [1.29, 1.82) is 5.26 Å². The van der Waals surface area contributed by atoms with E-state index >= 15 is 0 Å². The second-order valence-corrected chi connectivity index (χ2v) is 7.21. The van der Waals surface area contributed by atoms with Crippen molar-refractivity contribution in [1.82, 2.24) is 5.32 Å². The minimum atomic E-state index is -0.0587. The lowest BCUT2D eigenvalue weighted by molar-refractivity contribution is 0.0940. The maximum absolute atomic E-state index is 12.4. The number of nitriles is 1. The highest BCUT2D eigenvalue weighted by Crippen LogP contribution is 2.22. The quantitative estimate of drug-likeness (QED) is 0.917. The van der Waals surface area contributed by atoms with Crippen LogP contribution >= 0.6 is 0 Å². The van der Waals surface area contributed by atoms with E-state index in [1.165, 1.54) is 5.56 Å². The first-order chi connectivity index (χ1) is 11.3. The molecule has 2 aromatic carbocycles. The van der Waals surface area contributed by atoms with Crippen LogP contribution in [-0.4, -0.2) is 11.9 Å². The fourth-order valence-electron chi connectivity index (χ4n) is 2.55. The summed E-state index contributed by atoms with van der Waals surface area (Å²) in [5.41, 5.74) is 3.72. The molecule has 1 atom stereocenters. The predicted octanol–water partition coefficient (Wildman–Crippen LogP) is 4.22. The van der Waals surface area contributed by atoms with Gasteiger partial charge < -0.3 is 5.32 Å². The van der Waals surface area contributed by atoms with Crippen LogP contribution in [0.2, 0.25) is 0 Å². The average molecular weight is 320 g/mol. The number of amides is 1. The molecule has 0 unspecified atom stereocenters. The minimum absolute atomic E-state index is 0.0210. The number of carbonyl (C=O) groups excluding carboxylic acids is 1. The summed E-state index contributed by atoms with van der Waals surface area (Å²) in [6.45, 7) is 8.45. The van der Waals surface area contributed by atoms with Crippen molar-refractivity contribution in [3.8, 4) is 6.07 Å². The molecule has 0 aliphatic rings. The highest BCUT2D eigenvalue weighted by atomic mass is 16.1. The van der Waals surface area contributed by atoms with E-state index in [9.17, 15) is 4.79 Å². The Morgan fingerprint density at radius 1 is 1.08 bits per heavy atom. The zero-order valence-corrected chi connectivity index (χ0v) is 14.8. The van der Waals surface area contributed by atoms with Gasteiger partial charge in [-0.05, 0) is 54.2 Å². The molecule has 0 spiro atoms. The number of hydrogen-bond acceptors (Lipinski definition) is 2. The predicted molar refractivity (Wildman–Crippen MR) is 96.9 cm³/mol. The summed E-state index contributed by atoms with van der Waals surface area (Å²) in [4.78, 5) is 12.4. The van der Waals surface area contributed by atoms with Gasteiger partial charge >= 0.3 is 0 Å². The largest absolute Gasteiger partial charge is 0.349 e. The molecule has 3 nitrogen and oxygen atoms in total. The van der Waals surface area contributed by atoms with Gasteiger partial charge in [-0.15, -0.1) is 0 Å². The Hall–Kier alpha value is -2.60. The summed E-state index contributed by atoms with van der Waals surface area (Å²) in [6.07, 6.45) is 0.734. The maximum Gasteiger partial charge on any atom is 0.251 e. The van der Waals surface area contributed by atoms with Crippen molar-refractivity contribution in [2.24, 2.45) is 0 Å². The molecule has 0 saturated carbocycles. The molecule has 0 radical (unpaired) electrons. The highest BCUT2D eigenvalue weighted by Gasteiger charge is 2.15. The molecule has 124 valence electrons. The third-order valence-corrected chi connectivity index (χ3v) is 4.02. The third-order valence-electron chi connectivity index (χ3n) is 4.02. The molecular weight excluding hydrogens is 296 g/mol. The molecule has 24 heavy (non-hydrogen) atoms. The highest BCUT2D eigenvalue weighted by molar-refractivity contribution is 5.94. The molecule has 2 aromatic rings. The second-order valence-electron chi connectivity index (χ2n) is 7.21. The average Bonchev–Trinajstić information content (AvgIpc) is 2.54. The Kier molecular flexibility index (Phi) is 5.41. The molecule has 0 saturated heterocycles. The summed E-state index contributed by atoms with van der Waals surface area (Å²) in [7, 11) is 0. The van der Waals surface area contributed by atoms with Crippen LogP contribution in [0.15, 0.2) is 48.5 Å². The van der Waals surface area contributed by atoms with Crippen molar-refractivity contribution < 1.29 is 4.79 Å². The number of rotatable bonds is 4. The Balaban J connectivity index is 1.96. The molecule has 3 heteroatoms. The molecule has 1 amide bonds. The SMILES string of the molecule is C[C@@H](Cc1ccc(C#N)cc1)NC(=O)c1ccc(C(C)(C)C)cc1. The van der Waals surface area contributed by atoms with Gasteiger partial charge in [-0.1, -0.05) is 45.0 Å². The van der Waals surface area contributed by atoms with Crippen molar-refractivity contribution >= 4 is 5.91 Å². The first kappa shape index (κ1) is 17.7. The van der Waals surface area contributed by atoms with Gasteiger partial charge in [0.15, 0.2) is 0 Å². The first-order valence-electron chi connectivity index (χ1n) is 8.20. The number of hydrogen-bond donors (Lipinski definition) is 1. The Morgan fingerprint density at radius 2 is 1.67 bits per heavy atom. The Morgan fingerprint density at radius 3 is 2.17 bits per heavy atom. The Bertz CT molecular complexity index is 731. The zero-order valence-electron chi connectivity index (χ0n) is 14.8. The van der Waals surface area contributed by atoms with Crippen molar-refractivity contribution in [2.75, 3.05) is 0 Å². The van der Waals surface area contributed by atoms with Gasteiger partial charge in [-0.3, -0.25) is 4.79 Å². The van der Waals surface area contributed by atoms with E-state index in [0.717, 1.165) is 12.0 Å². The van der Waals surface area contributed by atoms with E-state index < -0.39 is 0 Å². The van der Waals surface area contributed by atoms with E-state index in [2.05, 4.69) is 32.2 Å². The Labute approximate surface area is 144 Å². The van der Waals surface area contributed by atoms with Crippen LogP contribution in [-0.2, 0) is 11.8 Å². The van der Waals surface area contributed by atoms with Gasteiger partial charge in [0, 0.05) is 11.6 Å². The summed E-state index contributed by atoms with van der Waals surface area (Å²) in [5, 5.41) is 11.8. The van der Waals surface area contributed by atoms with Crippen LogP contribution in [0.3, 0.4) is 0 Å². The maximum atomic E-state index is 12.4. The van der Waals surface area contributed by atoms with Gasteiger partial charge in [0.1, 0.15) is 0 Å². The molecule has 2 rings (SSSR count).